The largest absolute Gasteiger partial charge is 0.468 e. The second kappa shape index (κ2) is 4.44. The van der Waals surface area contributed by atoms with Crippen molar-refractivity contribution in [3.63, 3.8) is 0 Å². The van der Waals surface area contributed by atoms with Gasteiger partial charge in [-0.25, -0.2) is 0 Å². The fraction of sp³-hybridized carbons (Fsp3) is 0.417. The van der Waals surface area contributed by atoms with Crippen LogP contribution in [0.3, 0.4) is 0 Å². The van der Waals surface area contributed by atoms with Crippen molar-refractivity contribution >= 4 is 17.6 Å². The van der Waals surface area contributed by atoms with Crippen LogP contribution < -0.4 is 5.32 Å². The number of methoxy groups -OCH3 is 1. The Morgan fingerprint density at radius 2 is 2.31 bits per heavy atom. The molecule has 0 heterocycles. The molecule has 1 saturated carbocycles. The van der Waals surface area contributed by atoms with Gasteiger partial charge in [-0.1, -0.05) is 23.7 Å². The first kappa shape index (κ1) is 11.4. The van der Waals surface area contributed by atoms with Crippen molar-refractivity contribution in [1.82, 2.24) is 5.32 Å². The average molecular weight is 240 g/mol. The summed E-state index contributed by atoms with van der Waals surface area (Å²) in [6.07, 6.45) is 2.06. The molecule has 0 bridgehead atoms. The standard InChI is InChI=1S/C12H14ClNO2/c1-16-11(15)8-14-12(5-6-12)9-3-2-4-10(13)7-9/h2-4,7,14H,5-6,8H2,1H3. The lowest BCUT2D eigenvalue weighted by Gasteiger charge is -2.17. The molecule has 86 valence electrons. The van der Waals surface area contributed by atoms with E-state index in [9.17, 15) is 4.79 Å². The fourth-order valence-corrected chi connectivity index (χ4v) is 1.98. The molecule has 1 aliphatic carbocycles. The van der Waals surface area contributed by atoms with Crippen LogP contribution in [0.5, 0.6) is 0 Å². The summed E-state index contributed by atoms with van der Waals surface area (Å²) in [5, 5.41) is 3.96. The molecule has 4 heteroatoms. The van der Waals surface area contributed by atoms with E-state index in [0.717, 1.165) is 23.4 Å². The quantitative estimate of drug-likeness (QED) is 0.818. The zero-order valence-corrected chi connectivity index (χ0v) is 9.88. The summed E-state index contributed by atoms with van der Waals surface area (Å²) in [5.74, 6) is -0.242. The van der Waals surface area contributed by atoms with Crippen LogP contribution in [0.1, 0.15) is 18.4 Å². The lowest BCUT2D eigenvalue weighted by Crippen LogP contribution is -2.34. The van der Waals surface area contributed by atoms with E-state index in [4.69, 9.17) is 11.6 Å². The minimum absolute atomic E-state index is 0.0703. The van der Waals surface area contributed by atoms with Crippen molar-refractivity contribution in [1.29, 1.82) is 0 Å². The molecule has 1 aromatic carbocycles. The minimum atomic E-state index is -0.242. The molecular weight excluding hydrogens is 226 g/mol. The van der Waals surface area contributed by atoms with Crippen LogP contribution in [0.25, 0.3) is 0 Å². The third-order valence-corrected chi connectivity index (χ3v) is 3.16. The molecular formula is C12H14ClNO2. The van der Waals surface area contributed by atoms with Gasteiger partial charge in [0, 0.05) is 10.6 Å². The molecule has 1 aromatic rings. The molecule has 1 fully saturated rings. The second-order valence-electron chi connectivity index (χ2n) is 4.02. The van der Waals surface area contributed by atoms with E-state index in [1.807, 2.05) is 24.3 Å². The van der Waals surface area contributed by atoms with Gasteiger partial charge in [-0.3, -0.25) is 10.1 Å². The van der Waals surface area contributed by atoms with Crippen molar-refractivity contribution in [3.05, 3.63) is 34.9 Å². The van der Waals surface area contributed by atoms with Crippen LogP contribution in [0.2, 0.25) is 5.02 Å². The van der Waals surface area contributed by atoms with Crippen LogP contribution in [-0.4, -0.2) is 19.6 Å². The van der Waals surface area contributed by atoms with Crippen LogP contribution in [0, 0.1) is 0 Å². The van der Waals surface area contributed by atoms with E-state index in [-0.39, 0.29) is 18.1 Å². The highest BCUT2D eigenvalue weighted by Crippen LogP contribution is 2.45. The molecule has 0 atom stereocenters. The summed E-state index contributed by atoms with van der Waals surface area (Å²) in [4.78, 5) is 11.1. The molecule has 0 radical (unpaired) electrons. The first-order valence-electron chi connectivity index (χ1n) is 5.24. The Bertz CT molecular complexity index is 402. The number of benzene rings is 1. The molecule has 0 amide bonds. The SMILES string of the molecule is COC(=O)CNC1(c2cccc(Cl)c2)CC1. The maximum atomic E-state index is 11.1. The molecule has 0 aliphatic heterocycles. The Kier molecular flexibility index (Phi) is 3.17. The van der Waals surface area contributed by atoms with Crippen LogP contribution >= 0.6 is 11.6 Å². The van der Waals surface area contributed by atoms with E-state index in [1.165, 1.54) is 7.11 Å². The Balaban J connectivity index is 2.05. The van der Waals surface area contributed by atoms with Gasteiger partial charge in [0.1, 0.15) is 0 Å². The molecule has 3 nitrogen and oxygen atoms in total. The van der Waals surface area contributed by atoms with Crippen molar-refractivity contribution < 1.29 is 9.53 Å². The van der Waals surface area contributed by atoms with Gasteiger partial charge in [0.05, 0.1) is 13.7 Å². The number of ether oxygens (including phenoxy) is 1. The number of hydrogen-bond acceptors (Lipinski definition) is 3. The van der Waals surface area contributed by atoms with Gasteiger partial charge in [0.25, 0.3) is 0 Å². The lowest BCUT2D eigenvalue weighted by atomic mass is 10.1. The van der Waals surface area contributed by atoms with Gasteiger partial charge < -0.3 is 4.74 Å². The third kappa shape index (κ3) is 2.36. The van der Waals surface area contributed by atoms with Crippen molar-refractivity contribution in [3.8, 4) is 0 Å². The predicted octanol–water partition coefficient (Wildman–Crippen LogP) is 2.09. The van der Waals surface area contributed by atoms with Crippen LogP contribution in [0.15, 0.2) is 24.3 Å². The Morgan fingerprint density at radius 1 is 1.56 bits per heavy atom. The molecule has 0 saturated heterocycles. The molecule has 2 rings (SSSR count). The molecule has 16 heavy (non-hydrogen) atoms. The van der Waals surface area contributed by atoms with Gasteiger partial charge in [0.15, 0.2) is 0 Å². The maximum Gasteiger partial charge on any atom is 0.319 e. The highest BCUT2D eigenvalue weighted by Gasteiger charge is 2.44. The number of hydrogen-bond donors (Lipinski definition) is 1. The minimum Gasteiger partial charge on any atom is -0.468 e. The summed E-state index contributed by atoms with van der Waals surface area (Å²) in [7, 11) is 1.39. The van der Waals surface area contributed by atoms with Gasteiger partial charge in [-0.15, -0.1) is 0 Å². The van der Waals surface area contributed by atoms with E-state index in [2.05, 4.69) is 10.1 Å². The second-order valence-corrected chi connectivity index (χ2v) is 4.46. The summed E-state index contributed by atoms with van der Waals surface area (Å²) in [6, 6.07) is 7.75. The zero-order chi connectivity index (χ0) is 11.6. The lowest BCUT2D eigenvalue weighted by molar-refractivity contribution is -0.139. The van der Waals surface area contributed by atoms with E-state index < -0.39 is 0 Å². The van der Waals surface area contributed by atoms with Crippen LogP contribution in [0.4, 0.5) is 0 Å². The molecule has 1 aliphatic rings. The van der Waals surface area contributed by atoms with Crippen LogP contribution in [-0.2, 0) is 15.1 Å². The van der Waals surface area contributed by atoms with Crippen molar-refractivity contribution in [2.45, 2.75) is 18.4 Å². The third-order valence-electron chi connectivity index (χ3n) is 2.93. The molecule has 0 unspecified atom stereocenters. The predicted molar refractivity (Wildman–Crippen MR) is 62.4 cm³/mol. The summed E-state index contributed by atoms with van der Waals surface area (Å²) in [6.45, 7) is 0.239. The molecule has 0 spiro atoms. The number of esters is 1. The number of carbonyl (C=O) groups is 1. The highest BCUT2D eigenvalue weighted by atomic mass is 35.5. The normalized spacial score (nSPS) is 16.9. The smallest absolute Gasteiger partial charge is 0.319 e. The Hall–Kier alpha value is -1.06. The number of rotatable bonds is 4. The maximum absolute atomic E-state index is 11.1. The van der Waals surface area contributed by atoms with Gasteiger partial charge >= 0.3 is 5.97 Å². The first-order valence-corrected chi connectivity index (χ1v) is 5.62. The van der Waals surface area contributed by atoms with Gasteiger partial charge in [0.2, 0.25) is 0 Å². The van der Waals surface area contributed by atoms with Gasteiger partial charge in [-0.2, -0.15) is 0 Å². The Morgan fingerprint density at radius 3 is 2.88 bits per heavy atom. The summed E-state index contributed by atoms with van der Waals surface area (Å²) >= 11 is 5.95. The van der Waals surface area contributed by atoms with E-state index >= 15 is 0 Å². The monoisotopic (exact) mass is 239 g/mol. The Labute approximate surface area is 99.7 Å². The molecule has 0 aromatic heterocycles. The zero-order valence-electron chi connectivity index (χ0n) is 9.13. The number of nitrogens with one attached hydrogen (secondary N) is 1. The topological polar surface area (TPSA) is 38.3 Å². The molecule has 1 N–H and O–H groups in total. The average Bonchev–Trinajstić information content (AvgIpc) is 3.07. The van der Waals surface area contributed by atoms with E-state index in [0.29, 0.717) is 0 Å². The van der Waals surface area contributed by atoms with Crippen molar-refractivity contribution in [2.75, 3.05) is 13.7 Å². The van der Waals surface area contributed by atoms with E-state index in [1.54, 1.807) is 0 Å². The van der Waals surface area contributed by atoms with Gasteiger partial charge in [-0.05, 0) is 30.5 Å². The summed E-state index contributed by atoms with van der Waals surface area (Å²) < 4.78 is 4.61. The highest BCUT2D eigenvalue weighted by molar-refractivity contribution is 6.30. The van der Waals surface area contributed by atoms with Crippen molar-refractivity contribution in [2.24, 2.45) is 0 Å². The first-order chi connectivity index (χ1) is 7.66. The summed E-state index contributed by atoms with van der Waals surface area (Å²) in [5.41, 5.74) is 1.07. The fourth-order valence-electron chi connectivity index (χ4n) is 1.79. The number of halogens is 1. The number of carbonyl (C=O) groups excluding carboxylic acids is 1.